The maximum Gasteiger partial charge on any atom is 0.389 e. The van der Waals surface area contributed by atoms with E-state index >= 15 is 0 Å². The maximum atomic E-state index is 12.1. The van der Waals surface area contributed by atoms with E-state index in [-0.39, 0.29) is 31.6 Å². The van der Waals surface area contributed by atoms with Gasteiger partial charge in [0.1, 0.15) is 6.17 Å². The minimum absolute atomic E-state index is 0.0692. The highest BCUT2D eigenvalue weighted by Gasteiger charge is 2.33. The Labute approximate surface area is 109 Å². The highest BCUT2D eigenvalue weighted by molar-refractivity contribution is 5.80. The van der Waals surface area contributed by atoms with Gasteiger partial charge in [0, 0.05) is 13.0 Å². The molecule has 1 aliphatic heterocycles. The largest absolute Gasteiger partial charge is 0.389 e. The van der Waals surface area contributed by atoms with Crippen LogP contribution in [-0.2, 0) is 4.79 Å². The van der Waals surface area contributed by atoms with E-state index in [1.807, 2.05) is 30.3 Å². The first-order valence-corrected chi connectivity index (χ1v) is 6.12. The maximum absolute atomic E-state index is 12.1. The van der Waals surface area contributed by atoms with Crippen molar-refractivity contribution in [1.29, 1.82) is 0 Å². The molecule has 0 spiro atoms. The second kappa shape index (κ2) is 5.61. The highest BCUT2D eigenvalue weighted by Crippen LogP contribution is 2.25. The van der Waals surface area contributed by atoms with Gasteiger partial charge in [0.05, 0.1) is 6.54 Å². The molecule has 1 fully saturated rings. The second-order valence-corrected chi connectivity index (χ2v) is 4.50. The SMILES string of the molecule is O=C1CNC(c2ccccc2)N1CCCC(F)(F)F. The van der Waals surface area contributed by atoms with Crippen LogP contribution in [0.15, 0.2) is 30.3 Å². The predicted octanol–water partition coefficient (Wildman–Crippen LogP) is 2.46. The van der Waals surface area contributed by atoms with E-state index in [1.165, 1.54) is 4.90 Å². The van der Waals surface area contributed by atoms with Crippen molar-refractivity contribution in [3.05, 3.63) is 35.9 Å². The lowest BCUT2D eigenvalue weighted by molar-refractivity contribution is -0.139. The summed E-state index contributed by atoms with van der Waals surface area (Å²) >= 11 is 0. The predicted molar refractivity (Wildman–Crippen MR) is 64.2 cm³/mol. The van der Waals surface area contributed by atoms with Crippen molar-refractivity contribution in [3.8, 4) is 0 Å². The van der Waals surface area contributed by atoms with Crippen LogP contribution in [0.5, 0.6) is 0 Å². The standard InChI is InChI=1S/C13H15F3N2O/c14-13(15,16)7-4-8-18-11(19)9-17-12(18)10-5-2-1-3-6-10/h1-3,5-6,12,17H,4,7-9H2. The molecule has 1 amide bonds. The molecule has 19 heavy (non-hydrogen) atoms. The zero-order valence-electron chi connectivity index (χ0n) is 10.3. The Hall–Kier alpha value is -1.56. The molecule has 2 rings (SSSR count). The van der Waals surface area contributed by atoms with Crippen LogP contribution in [0.2, 0.25) is 0 Å². The van der Waals surface area contributed by atoms with Gasteiger partial charge in [-0.05, 0) is 12.0 Å². The molecule has 1 heterocycles. The van der Waals surface area contributed by atoms with Gasteiger partial charge in [-0.25, -0.2) is 0 Å². The van der Waals surface area contributed by atoms with E-state index in [9.17, 15) is 18.0 Å². The summed E-state index contributed by atoms with van der Waals surface area (Å²) in [6, 6.07) is 9.25. The summed E-state index contributed by atoms with van der Waals surface area (Å²) < 4.78 is 36.4. The Morgan fingerprint density at radius 2 is 1.95 bits per heavy atom. The summed E-state index contributed by atoms with van der Waals surface area (Å²) in [6.07, 6.45) is -5.42. The Kier molecular flexibility index (Phi) is 4.09. The molecule has 0 radical (unpaired) electrons. The molecule has 3 nitrogen and oxygen atoms in total. The number of halogens is 3. The van der Waals surface area contributed by atoms with Crippen molar-refractivity contribution in [2.24, 2.45) is 0 Å². The molecule has 1 aliphatic rings. The first-order valence-electron chi connectivity index (χ1n) is 6.12. The summed E-state index contributed by atoms with van der Waals surface area (Å²) in [4.78, 5) is 13.2. The molecule has 104 valence electrons. The summed E-state index contributed by atoms with van der Waals surface area (Å²) in [5.41, 5.74) is 0.889. The van der Waals surface area contributed by atoms with Crippen molar-refractivity contribution in [1.82, 2.24) is 10.2 Å². The first-order chi connectivity index (χ1) is 8.97. The van der Waals surface area contributed by atoms with E-state index in [0.717, 1.165) is 5.56 Å². The van der Waals surface area contributed by atoms with Crippen LogP contribution >= 0.6 is 0 Å². The van der Waals surface area contributed by atoms with Crippen LogP contribution in [0.25, 0.3) is 0 Å². The van der Waals surface area contributed by atoms with Crippen molar-refractivity contribution in [2.45, 2.75) is 25.2 Å². The third-order valence-electron chi connectivity index (χ3n) is 3.05. The lowest BCUT2D eigenvalue weighted by Crippen LogP contribution is -2.31. The smallest absolute Gasteiger partial charge is 0.322 e. The Morgan fingerprint density at radius 1 is 1.26 bits per heavy atom. The fourth-order valence-electron chi connectivity index (χ4n) is 2.18. The van der Waals surface area contributed by atoms with Crippen LogP contribution in [0.3, 0.4) is 0 Å². The normalized spacial score (nSPS) is 20.1. The molecule has 1 unspecified atom stereocenters. The number of carbonyl (C=O) groups is 1. The van der Waals surface area contributed by atoms with E-state index in [1.54, 1.807) is 0 Å². The molecule has 0 bridgehead atoms. The molecule has 0 aliphatic carbocycles. The lowest BCUT2D eigenvalue weighted by atomic mass is 10.1. The van der Waals surface area contributed by atoms with Crippen LogP contribution < -0.4 is 5.32 Å². The van der Waals surface area contributed by atoms with Gasteiger partial charge >= 0.3 is 6.18 Å². The summed E-state index contributed by atoms with van der Waals surface area (Å²) in [5.74, 6) is -0.156. The van der Waals surface area contributed by atoms with Crippen molar-refractivity contribution in [2.75, 3.05) is 13.1 Å². The average molecular weight is 272 g/mol. The van der Waals surface area contributed by atoms with E-state index in [4.69, 9.17) is 0 Å². The van der Waals surface area contributed by atoms with Crippen LogP contribution in [0, 0.1) is 0 Å². The third kappa shape index (κ3) is 3.70. The molecule has 6 heteroatoms. The molecule has 1 atom stereocenters. The fraction of sp³-hybridized carbons (Fsp3) is 0.462. The monoisotopic (exact) mass is 272 g/mol. The third-order valence-corrected chi connectivity index (χ3v) is 3.05. The molecule has 1 N–H and O–H groups in total. The van der Waals surface area contributed by atoms with Crippen LogP contribution in [-0.4, -0.2) is 30.1 Å². The van der Waals surface area contributed by atoms with E-state index in [0.29, 0.717) is 0 Å². The van der Waals surface area contributed by atoms with Gasteiger partial charge in [-0.3, -0.25) is 10.1 Å². The number of hydrogen-bond donors (Lipinski definition) is 1. The molecule has 1 saturated heterocycles. The van der Waals surface area contributed by atoms with E-state index < -0.39 is 12.6 Å². The number of benzene rings is 1. The first kappa shape index (κ1) is 13.9. The summed E-state index contributed by atoms with van der Waals surface area (Å²) in [6.45, 7) is 0.288. The highest BCUT2D eigenvalue weighted by atomic mass is 19.4. The van der Waals surface area contributed by atoms with Crippen LogP contribution in [0.1, 0.15) is 24.6 Å². The molecule has 0 saturated carbocycles. The summed E-state index contributed by atoms with van der Waals surface area (Å²) in [7, 11) is 0. The molecule has 1 aromatic carbocycles. The zero-order valence-corrected chi connectivity index (χ0v) is 10.3. The minimum atomic E-state index is -4.17. The van der Waals surface area contributed by atoms with Gasteiger partial charge in [-0.15, -0.1) is 0 Å². The molecular weight excluding hydrogens is 257 g/mol. The van der Waals surface area contributed by atoms with Crippen molar-refractivity contribution in [3.63, 3.8) is 0 Å². The Balaban J connectivity index is 1.98. The van der Waals surface area contributed by atoms with Gasteiger partial charge in [0.25, 0.3) is 0 Å². The number of rotatable bonds is 4. The Bertz CT molecular complexity index is 433. The quantitative estimate of drug-likeness (QED) is 0.913. The van der Waals surface area contributed by atoms with Gasteiger partial charge in [0.2, 0.25) is 5.91 Å². The number of alkyl halides is 3. The fourth-order valence-corrected chi connectivity index (χ4v) is 2.18. The molecule has 0 aromatic heterocycles. The number of nitrogens with one attached hydrogen (secondary N) is 1. The number of carbonyl (C=O) groups excluding carboxylic acids is 1. The number of nitrogens with zero attached hydrogens (tertiary/aromatic N) is 1. The summed E-state index contributed by atoms with van der Waals surface area (Å²) in [5, 5.41) is 3.02. The van der Waals surface area contributed by atoms with Crippen molar-refractivity contribution >= 4 is 5.91 Å². The molecule has 1 aromatic rings. The Morgan fingerprint density at radius 3 is 2.58 bits per heavy atom. The number of hydrogen-bond acceptors (Lipinski definition) is 2. The van der Waals surface area contributed by atoms with Gasteiger partial charge in [0.15, 0.2) is 0 Å². The van der Waals surface area contributed by atoms with Crippen molar-refractivity contribution < 1.29 is 18.0 Å². The minimum Gasteiger partial charge on any atom is -0.322 e. The number of amides is 1. The lowest BCUT2D eigenvalue weighted by Gasteiger charge is -2.24. The second-order valence-electron chi connectivity index (χ2n) is 4.50. The average Bonchev–Trinajstić information content (AvgIpc) is 2.71. The molecular formula is C13H15F3N2O. The van der Waals surface area contributed by atoms with Crippen LogP contribution in [0.4, 0.5) is 13.2 Å². The zero-order chi connectivity index (χ0) is 13.9. The topological polar surface area (TPSA) is 32.3 Å². The van der Waals surface area contributed by atoms with Gasteiger partial charge < -0.3 is 4.90 Å². The van der Waals surface area contributed by atoms with Gasteiger partial charge in [-0.2, -0.15) is 13.2 Å². The van der Waals surface area contributed by atoms with E-state index in [2.05, 4.69) is 5.32 Å². The van der Waals surface area contributed by atoms with Gasteiger partial charge in [-0.1, -0.05) is 30.3 Å².